The zero-order valence-corrected chi connectivity index (χ0v) is 19.6. The summed E-state index contributed by atoms with van der Waals surface area (Å²) in [5.41, 5.74) is 1.39. The van der Waals surface area contributed by atoms with Gasteiger partial charge in [0.2, 0.25) is 17.7 Å². The van der Waals surface area contributed by atoms with Crippen molar-refractivity contribution in [3.8, 4) is 17.0 Å². The van der Waals surface area contributed by atoms with Crippen LogP contribution in [-0.4, -0.2) is 78.7 Å². The monoisotopic (exact) mass is 525 g/mol. The SMILES string of the molecule is [2H]c1cc(-c2ccc3nnn(CC(F)(F)F)c3c2)c2c(OC)nc(N[C@@H]3CCN(C(C)=O)CC3(F)F)nn12. The van der Waals surface area contributed by atoms with E-state index in [9.17, 15) is 26.7 Å². The van der Waals surface area contributed by atoms with Crippen molar-refractivity contribution in [1.29, 1.82) is 0 Å². The van der Waals surface area contributed by atoms with Crippen molar-refractivity contribution >= 4 is 28.4 Å². The molecule has 1 aliphatic rings. The molecule has 1 aliphatic heterocycles. The minimum Gasteiger partial charge on any atom is -0.479 e. The molecule has 0 bridgehead atoms. The van der Waals surface area contributed by atoms with E-state index in [1.54, 1.807) is 6.07 Å². The van der Waals surface area contributed by atoms with Gasteiger partial charge in [-0.05, 0) is 30.2 Å². The summed E-state index contributed by atoms with van der Waals surface area (Å²) in [7, 11) is 1.30. The summed E-state index contributed by atoms with van der Waals surface area (Å²) in [6.07, 6.45) is -4.70. The van der Waals surface area contributed by atoms with Crippen LogP contribution in [0.1, 0.15) is 14.7 Å². The third kappa shape index (κ3) is 4.72. The van der Waals surface area contributed by atoms with E-state index >= 15 is 0 Å². The van der Waals surface area contributed by atoms with E-state index in [-0.39, 0.29) is 47.5 Å². The predicted molar refractivity (Wildman–Crippen MR) is 121 cm³/mol. The second-order valence-electron chi connectivity index (χ2n) is 8.65. The van der Waals surface area contributed by atoms with Gasteiger partial charge in [0.15, 0.2) is 0 Å². The van der Waals surface area contributed by atoms with Gasteiger partial charge in [-0.3, -0.25) is 4.79 Å². The number of piperidine rings is 1. The number of rotatable bonds is 5. The van der Waals surface area contributed by atoms with E-state index in [0.29, 0.717) is 11.1 Å². The van der Waals surface area contributed by atoms with Crippen LogP contribution in [0.5, 0.6) is 5.88 Å². The summed E-state index contributed by atoms with van der Waals surface area (Å²) in [6.45, 7) is -0.727. The molecule has 3 aromatic heterocycles. The number of hydrogen-bond acceptors (Lipinski definition) is 7. The van der Waals surface area contributed by atoms with E-state index in [0.717, 1.165) is 14.1 Å². The molecule has 4 heterocycles. The topological polar surface area (TPSA) is 102 Å². The second kappa shape index (κ2) is 8.81. The highest BCUT2D eigenvalue weighted by molar-refractivity contribution is 5.89. The average Bonchev–Trinajstić information content (AvgIpc) is 3.38. The van der Waals surface area contributed by atoms with E-state index in [1.807, 2.05) is 0 Å². The third-order valence-corrected chi connectivity index (χ3v) is 6.10. The minimum absolute atomic E-state index is 0.0393. The van der Waals surface area contributed by atoms with Crippen molar-refractivity contribution in [1.82, 2.24) is 34.5 Å². The summed E-state index contributed by atoms with van der Waals surface area (Å²) >= 11 is 0. The molecule has 15 heteroatoms. The van der Waals surface area contributed by atoms with Gasteiger partial charge in [-0.1, -0.05) is 11.3 Å². The molecule has 5 rings (SSSR count). The predicted octanol–water partition coefficient (Wildman–Crippen LogP) is 3.38. The molecule has 0 saturated carbocycles. The fourth-order valence-electron chi connectivity index (χ4n) is 4.31. The molecular weight excluding hydrogens is 503 g/mol. The van der Waals surface area contributed by atoms with Gasteiger partial charge in [0, 0.05) is 25.2 Å². The first-order chi connectivity index (χ1) is 17.9. The van der Waals surface area contributed by atoms with Crippen LogP contribution in [0, 0.1) is 0 Å². The van der Waals surface area contributed by atoms with E-state index in [2.05, 4.69) is 25.7 Å². The zero-order valence-electron chi connectivity index (χ0n) is 20.6. The Morgan fingerprint density at radius 2 is 2.11 bits per heavy atom. The maximum absolute atomic E-state index is 14.7. The first kappa shape index (κ1) is 23.4. The number of amides is 1. The van der Waals surface area contributed by atoms with Crippen LogP contribution in [0.15, 0.2) is 30.4 Å². The summed E-state index contributed by atoms with van der Waals surface area (Å²) in [4.78, 5) is 16.8. The lowest BCUT2D eigenvalue weighted by molar-refractivity contribution is -0.142. The van der Waals surface area contributed by atoms with Crippen molar-refractivity contribution in [3.05, 3.63) is 30.4 Å². The Morgan fingerprint density at radius 1 is 1.32 bits per heavy atom. The number of nitrogens with one attached hydrogen (secondary N) is 1. The highest BCUT2D eigenvalue weighted by Crippen LogP contribution is 2.34. The molecule has 37 heavy (non-hydrogen) atoms. The largest absolute Gasteiger partial charge is 0.479 e. The Bertz CT molecular complexity index is 1540. The van der Waals surface area contributed by atoms with Crippen molar-refractivity contribution < 1.29 is 32.9 Å². The molecule has 1 N–H and O–H groups in total. The fourth-order valence-corrected chi connectivity index (χ4v) is 4.31. The quantitative estimate of drug-likeness (QED) is 0.399. The van der Waals surface area contributed by atoms with Crippen LogP contribution in [0.2, 0.25) is 0 Å². The molecule has 10 nitrogen and oxygen atoms in total. The van der Waals surface area contributed by atoms with Gasteiger partial charge in [-0.2, -0.15) is 18.2 Å². The van der Waals surface area contributed by atoms with Crippen LogP contribution in [0.3, 0.4) is 0 Å². The molecule has 1 atom stereocenters. The van der Waals surface area contributed by atoms with Gasteiger partial charge in [0.25, 0.3) is 5.92 Å². The summed E-state index contributed by atoms with van der Waals surface area (Å²) < 4.78 is 84.0. The van der Waals surface area contributed by atoms with Crippen molar-refractivity contribution in [2.24, 2.45) is 0 Å². The Hall–Kier alpha value is -4.04. The number of nitrogens with zero attached hydrogens (tertiary/aromatic N) is 7. The molecule has 1 amide bonds. The molecule has 0 radical (unpaired) electrons. The molecule has 0 spiro atoms. The van der Waals surface area contributed by atoms with E-state index < -0.39 is 37.1 Å². The number of carbonyl (C=O) groups excluding carboxylic acids is 1. The number of ether oxygens (including phenoxy) is 1. The van der Waals surface area contributed by atoms with Gasteiger partial charge >= 0.3 is 6.18 Å². The van der Waals surface area contributed by atoms with Gasteiger partial charge in [0.1, 0.15) is 17.6 Å². The lowest BCUT2D eigenvalue weighted by Gasteiger charge is -2.38. The molecule has 0 aliphatic carbocycles. The first-order valence-corrected chi connectivity index (χ1v) is 11.1. The second-order valence-corrected chi connectivity index (χ2v) is 8.65. The number of hydrogen-bond donors (Lipinski definition) is 1. The minimum atomic E-state index is -4.51. The molecule has 1 fully saturated rings. The average molecular weight is 525 g/mol. The van der Waals surface area contributed by atoms with Crippen LogP contribution < -0.4 is 10.1 Å². The number of carbonyl (C=O) groups is 1. The first-order valence-electron chi connectivity index (χ1n) is 11.6. The number of benzene rings is 1. The highest BCUT2D eigenvalue weighted by atomic mass is 19.4. The maximum atomic E-state index is 14.7. The summed E-state index contributed by atoms with van der Waals surface area (Å²) in [6, 6.07) is 4.59. The Balaban J connectivity index is 1.52. The Labute approximate surface area is 207 Å². The third-order valence-electron chi connectivity index (χ3n) is 6.10. The zero-order chi connectivity index (χ0) is 27.4. The normalized spacial score (nSPS) is 18.3. The number of halogens is 5. The smallest absolute Gasteiger partial charge is 0.408 e. The molecule has 196 valence electrons. The Kier molecular flexibility index (Phi) is 5.56. The lowest BCUT2D eigenvalue weighted by atomic mass is 10.0. The number of alkyl halides is 5. The van der Waals surface area contributed by atoms with E-state index in [4.69, 9.17) is 6.11 Å². The van der Waals surface area contributed by atoms with Gasteiger partial charge in [0.05, 0.1) is 26.6 Å². The fraction of sp³-hybridized carbons (Fsp3) is 0.409. The van der Waals surface area contributed by atoms with Crippen LogP contribution >= 0.6 is 0 Å². The van der Waals surface area contributed by atoms with Crippen molar-refractivity contribution in [2.75, 3.05) is 25.5 Å². The van der Waals surface area contributed by atoms with Crippen LogP contribution in [0.4, 0.5) is 27.9 Å². The molecule has 1 saturated heterocycles. The lowest BCUT2D eigenvalue weighted by Crippen LogP contribution is -2.55. The summed E-state index contributed by atoms with van der Waals surface area (Å²) in [5.74, 6) is -3.96. The van der Waals surface area contributed by atoms with Gasteiger partial charge < -0.3 is 15.0 Å². The number of likely N-dealkylation sites (tertiary alicyclic amines) is 1. The summed E-state index contributed by atoms with van der Waals surface area (Å²) in [5, 5.41) is 14.1. The Morgan fingerprint density at radius 3 is 2.78 bits per heavy atom. The molecular formula is C22H21F5N8O2. The van der Waals surface area contributed by atoms with Crippen LogP contribution in [-0.2, 0) is 11.3 Å². The number of aromatic nitrogens is 6. The van der Waals surface area contributed by atoms with Gasteiger partial charge in [-0.15, -0.1) is 10.2 Å². The van der Waals surface area contributed by atoms with Crippen molar-refractivity contribution in [2.45, 2.75) is 38.0 Å². The number of fused-ring (bicyclic) bond motifs is 2. The highest BCUT2D eigenvalue weighted by Gasteiger charge is 2.46. The molecule has 4 aromatic rings. The number of anilines is 1. The molecule has 0 unspecified atom stereocenters. The standard InChI is InChI=1S/C22H21F5N8O2/c1-12(36)33-7-6-17(21(23,24)10-33)28-20-29-19(37-2)18-14(5-8-34(18)31-20)13-3-4-15-16(9-13)35(32-30-15)11-22(25,26)27/h3-5,8-9,17H,6-7,10-11H2,1-2H3,(H,28,31)/t17-/m1/s1/i8D. The number of methoxy groups -OCH3 is 1. The maximum Gasteiger partial charge on any atom is 0.408 e. The van der Waals surface area contributed by atoms with E-state index in [1.165, 1.54) is 32.2 Å². The van der Waals surface area contributed by atoms with Crippen molar-refractivity contribution in [3.63, 3.8) is 0 Å². The molecule has 1 aromatic carbocycles. The van der Waals surface area contributed by atoms with Gasteiger partial charge in [-0.25, -0.2) is 18.0 Å². The van der Waals surface area contributed by atoms with Crippen LogP contribution in [0.25, 0.3) is 27.7 Å².